The van der Waals surface area contributed by atoms with Gasteiger partial charge in [-0.3, -0.25) is 0 Å². The molecule has 0 spiro atoms. The Morgan fingerprint density at radius 1 is 1.64 bits per heavy atom. The smallest absolute Gasteiger partial charge is 0.164 e. The molecule has 0 aromatic carbocycles. The first-order valence-electron chi connectivity index (χ1n) is 4.92. The lowest BCUT2D eigenvalue weighted by atomic mass is 9.93. The van der Waals surface area contributed by atoms with Crippen molar-refractivity contribution in [2.45, 2.75) is 32.8 Å². The third-order valence-electron chi connectivity index (χ3n) is 3.36. The van der Waals surface area contributed by atoms with Crippen LogP contribution in [0.25, 0.3) is 0 Å². The largest absolute Gasteiger partial charge is 0.382 e. The molecule has 1 aliphatic rings. The summed E-state index contributed by atoms with van der Waals surface area (Å²) < 4.78 is 1.79. The molecule has 1 aliphatic carbocycles. The molecule has 4 heteroatoms. The van der Waals surface area contributed by atoms with E-state index < -0.39 is 5.60 Å². The van der Waals surface area contributed by atoms with Gasteiger partial charge in [0.2, 0.25) is 0 Å². The number of hydrogen-bond donors (Lipinski definition) is 1. The molecule has 1 heterocycles. The molecule has 1 aromatic rings. The van der Waals surface area contributed by atoms with Gasteiger partial charge in [0.15, 0.2) is 5.82 Å². The van der Waals surface area contributed by atoms with Crippen LogP contribution in [0, 0.1) is 11.3 Å². The van der Waals surface area contributed by atoms with E-state index in [0.29, 0.717) is 5.82 Å². The van der Waals surface area contributed by atoms with Gasteiger partial charge < -0.3 is 9.67 Å². The zero-order valence-electron chi connectivity index (χ0n) is 9.15. The van der Waals surface area contributed by atoms with Gasteiger partial charge in [0.25, 0.3) is 0 Å². The SMILES string of the molecule is Cn1cnnc1C(C)(O)C1CC1(C)C. The summed E-state index contributed by atoms with van der Waals surface area (Å²) in [6.07, 6.45) is 2.67. The summed E-state index contributed by atoms with van der Waals surface area (Å²) in [6, 6.07) is 0. The number of aryl methyl sites for hydroxylation is 1. The molecule has 2 rings (SSSR count). The van der Waals surface area contributed by atoms with Crippen LogP contribution in [-0.2, 0) is 12.6 Å². The van der Waals surface area contributed by atoms with Gasteiger partial charge in [0, 0.05) is 13.0 Å². The zero-order valence-corrected chi connectivity index (χ0v) is 9.15. The van der Waals surface area contributed by atoms with E-state index in [-0.39, 0.29) is 11.3 Å². The molecule has 0 bridgehead atoms. The fourth-order valence-electron chi connectivity index (χ4n) is 2.32. The van der Waals surface area contributed by atoms with Crippen molar-refractivity contribution in [2.75, 3.05) is 0 Å². The van der Waals surface area contributed by atoms with Crippen molar-refractivity contribution < 1.29 is 5.11 Å². The van der Waals surface area contributed by atoms with Crippen LogP contribution in [0.15, 0.2) is 6.33 Å². The normalized spacial score (nSPS) is 28.5. The molecule has 1 saturated carbocycles. The fraction of sp³-hybridized carbons (Fsp3) is 0.800. The third-order valence-corrected chi connectivity index (χ3v) is 3.36. The molecule has 4 nitrogen and oxygen atoms in total. The van der Waals surface area contributed by atoms with E-state index in [1.807, 2.05) is 14.0 Å². The molecule has 78 valence electrons. The summed E-state index contributed by atoms with van der Waals surface area (Å²) in [5.41, 5.74) is -0.621. The second-order valence-corrected chi connectivity index (χ2v) is 5.16. The number of rotatable bonds is 2. The second-order valence-electron chi connectivity index (χ2n) is 5.16. The Balaban J connectivity index is 2.30. The van der Waals surface area contributed by atoms with E-state index in [4.69, 9.17) is 0 Å². The van der Waals surface area contributed by atoms with Gasteiger partial charge in [0.05, 0.1) is 0 Å². The van der Waals surface area contributed by atoms with Crippen LogP contribution in [0.3, 0.4) is 0 Å². The molecule has 0 saturated heterocycles. The Morgan fingerprint density at radius 3 is 2.57 bits per heavy atom. The van der Waals surface area contributed by atoms with E-state index in [1.165, 1.54) is 0 Å². The number of aromatic nitrogens is 3. The van der Waals surface area contributed by atoms with Crippen LogP contribution in [0.1, 0.15) is 33.0 Å². The van der Waals surface area contributed by atoms with Crippen molar-refractivity contribution in [2.24, 2.45) is 18.4 Å². The standard InChI is InChI=1S/C10H17N3O/c1-9(2)5-7(9)10(3,14)8-12-11-6-13(8)4/h6-7,14H,5H2,1-4H3. The third kappa shape index (κ3) is 1.25. The van der Waals surface area contributed by atoms with Gasteiger partial charge in [-0.15, -0.1) is 10.2 Å². The summed E-state index contributed by atoms with van der Waals surface area (Å²) in [7, 11) is 1.86. The quantitative estimate of drug-likeness (QED) is 0.768. The minimum atomic E-state index is -0.852. The molecule has 2 unspecified atom stereocenters. The van der Waals surface area contributed by atoms with Gasteiger partial charge in [-0.1, -0.05) is 13.8 Å². The summed E-state index contributed by atoms with van der Waals surface area (Å²) in [5.74, 6) is 0.950. The maximum Gasteiger partial charge on any atom is 0.164 e. The first-order chi connectivity index (χ1) is 6.36. The Kier molecular flexibility index (Phi) is 1.77. The van der Waals surface area contributed by atoms with Crippen molar-refractivity contribution in [1.29, 1.82) is 0 Å². The van der Waals surface area contributed by atoms with Crippen molar-refractivity contribution in [3.8, 4) is 0 Å². The zero-order chi connectivity index (χ0) is 10.6. The predicted octanol–water partition coefficient (Wildman–Crippen LogP) is 1.07. The first-order valence-corrected chi connectivity index (χ1v) is 4.92. The minimum Gasteiger partial charge on any atom is -0.382 e. The molecule has 2 atom stereocenters. The summed E-state index contributed by atoms with van der Waals surface area (Å²) in [5, 5.41) is 18.2. The van der Waals surface area contributed by atoms with Gasteiger partial charge in [-0.2, -0.15) is 0 Å². The van der Waals surface area contributed by atoms with Crippen molar-refractivity contribution in [3.05, 3.63) is 12.2 Å². The first kappa shape index (κ1) is 9.65. The highest BCUT2D eigenvalue weighted by atomic mass is 16.3. The summed E-state index contributed by atoms with van der Waals surface area (Å²) in [6.45, 7) is 6.17. The highest BCUT2D eigenvalue weighted by Gasteiger charge is 2.57. The molecular formula is C10H17N3O. The van der Waals surface area contributed by atoms with E-state index >= 15 is 0 Å². The maximum absolute atomic E-state index is 10.4. The Labute approximate surface area is 84.0 Å². The predicted molar refractivity (Wildman–Crippen MR) is 52.5 cm³/mol. The average molecular weight is 195 g/mol. The topological polar surface area (TPSA) is 50.9 Å². The van der Waals surface area contributed by atoms with E-state index in [0.717, 1.165) is 6.42 Å². The second kappa shape index (κ2) is 2.57. The molecule has 0 aliphatic heterocycles. The monoisotopic (exact) mass is 195 g/mol. The van der Waals surface area contributed by atoms with Gasteiger partial charge in [0.1, 0.15) is 11.9 Å². The van der Waals surface area contributed by atoms with Gasteiger partial charge >= 0.3 is 0 Å². The molecule has 14 heavy (non-hydrogen) atoms. The van der Waals surface area contributed by atoms with Gasteiger partial charge in [-0.05, 0) is 18.8 Å². The number of aliphatic hydroxyl groups is 1. The molecule has 1 N–H and O–H groups in total. The van der Waals surface area contributed by atoms with E-state index in [1.54, 1.807) is 10.9 Å². The highest BCUT2D eigenvalue weighted by molar-refractivity contribution is 5.13. The van der Waals surface area contributed by atoms with E-state index in [2.05, 4.69) is 24.0 Å². The molecule has 0 radical (unpaired) electrons. The Morgan fingerprint density at radius 2 is 2.21 bits per heavy atom. The van der Waals surface area contributed by atoms with Crippen molar-refractivity contribution in [1.82, 2.24) is 14.8 Å². The summed E-state index contributed by atoms with van der Waals surface area (Å²) >= 11 is 0. The van der Waals surface area contributed by atoms with Crippen LogP contribution in [0.4, 0.5) is 0 Å². The maximum atomic E-state index is 10.4. The van der Waals surface area contributed by atoms with Crippen LogP contribution in [-0.4, -0.2) is 19.9 Å². The van der Waals surface area contributed by atoms with Crippen molar-refractivity contribution >= 4 is 0 Å². The lowest BCUT2D eigenvalue weighted by Crippen LogP contribution is -2.30. The Bertz CT molecular complexity index is 354. The van der Waals surface area contributed by atoms with Crippen LogP contribution < -0.4 is 0 Å². The number of hydrogen-bond acceptors (Lipinski definition) is 3. The number of nitrogens with zero attached hydrogens (tertiary/aromatic N) is 3. The lowest BCUT2D eigenvalue weighted by Gasteiger charge is -2.23. The van der Waals surface area contributed by atoms with Crippen LogP contribution in [0.2, 0.25) is 0 Å². The summed E-state index contributed by atoms with van der Waals surface area (Å²) in [4.78, 5) is 0. The highest BCUT2D eigenvalue weighted by Crippen LogP contribution is 2.59. The molecular weight excluding hydrogens is 178 g/mol. The molecule has 0 amide bonds. The molecule has 1 fully saturated rings. The lowest BCUT2D eigenvalue weighted by molar-refractivity contribution is 0.00924. The van der Waals surface area contributed by atoms with Crippen LogP contribution in [0.5, 0.6) is 0 Å². The van der Waals surface area contributed by atoms with Crippen molar-refractivity contribution in [3.63, 3.8) is 0 Å². The van der Waals surface area contributed by atoms with E-state index in [9.17, 15) is 5.11 Å². The fourth-order valence-corrected chi connectivity index (χ4v) is 2.32. The average Bonchev–Trinajstić information content (AvgIpc) is 2.52. The molecule has 1 aromatic heterocycles. The van der Waals surface area contributed by atoms with Crippen LogP contribution >= 0.6 is 0 Å². The minimum absolute atomic E-state index is 0.232. The van der Waals surface area contributed by atoms with Gasteiger partial charge in [-0.25, -0.2) is 0 Å². The Hall–Kier alpha value is -0.900.